The number of aromatic carboxylic acids is 1. The van der Waals surface area contributed by atoms with Crippen LogP contribution in [-0.4, -0.2) is 17.0 Å². The second-order valence-corrected chi connectivity index (χ2v) is 5.96. The van der Waals surface area contributed by atoms with Crippen LogP contribution in [0, 0.1) is 0 Å². The summed E-state index contributed by atoms with van der Waals surface area (Å²) < 4.78 is 0. The highest BCUT2D eigenvalue weighted by Gasteiger charge is 2.13. The lowest BCUT2D eigenvalue weighted by atomic mass is 10.2. The van der Waals surface area contributed by atoms with Crippen LogP contribution in [0.1, 0.15) is 36.7 Å². The first-order chi connectivity index (χ1) is 9.11. The van der Waals surface area contributed by atoms with Gasteiger partial charge in [0.25, 0.3) is 5.91 Å². The summed E-state index contributed by atoms with van der Waals surface area (Å²) in [7, 11) is 0. The van der Waals surface area contributed by atoms with Crippen LogP contribution in [0.25, 0.3) is 0 Å². The Labute approximate surface area is 118 Å². The molecule has 0 radical (unpaired) electrons. The minimum Gasteiger partial charge on any atom is -0.477 e. The zero-order chi connectivity index (χ0) is 13.8. The molecule has 0 saturated carbocycles. The van der Waals surface area contributed by atoms with Crippen LogP contribution >= 0.6 is 22.7 Å². The van der Waals surface area contributed by atoms with Crippen molar-refractivity contribution in [1.82, 2.24) is 5.32 Å². The summed E-state index contributed by atoms with van der Waals surface area (Å²) >= 11 is 2.60. The summed E-state index contributed by atoms with van der Waals surface area (Å²) in [5.74, 6) is -1.23. The molecule has 0 atom stereocenters. The van der Waals surface area contributed by atoms with E-state index in [0.29, 0.717) is 11.4 Å². The summed E-state index contributed by atoms with van der Waals surface area (Å²) in [5, 5.41) is 13.6. The van der Waals surface area contributed by atoms with Crippen molar-refractivity contribution in [2.45, 2.75) is 19.9 Å². The molecule has 100 valence electrons. The predicted molar refractivity (Wildman–Crippen MR) is 76.1 cm³/mol. The van der Waals surface area contributed by atoms with E-state index in [-0.39, 0.29) is 10.8 Å². The standard InChI is InChI=1S/C13H13NO3S2/c1-2-8-5-6-18-11(8)7-14-12(15)9-3-4-10(19-9)13(16)17/h3-6H,2,7H2,1H3,(H,14,15)(H,16,17). The lowest BCUT2D eigenvalue weighted by Crippen LogP contribution is -2.21. The van der Waals surface area contributed by atoms with Crippen LogP contribution in [0.3, 0.4) is 0 Å². The molecule has 0 spiro atoms. The summed E-state index contributed by atoms with van der Waals surface area (Å²) in [4.78, 5) is 24.4. The molecule has 0 saturated heterocycles. The monoisotopic (exact) mass is 295 g/mol. The number of amides is 1. The summed E-state index contributed by atoms with van der Waals surface area (Å²) in [5.41, 5.74) is 1.24. The number of thiophene rings is 2. The maximum Gasteiger partial charge on any atom is 0.345 e. The van der Waals surface area contributed by atoms with E-state index in [1.165, 1.54) is 11.6 Å². The van der Waals surface area contributed by atoms with Gasteiger partial charge in [0.15, 0.2) is 0 Å². The lowest BCUT2D eigenvalue weighted by molar-refractivity contribution is 0.0702. The third-order valence-electron chi connectivity index (χ3n) is 2.67. The largest absolute Gasteiger partial charge is 0.477 e. The Hall–Kier alpha value is -1.66. The fourth-order valence-corrected chi connectivity index (χ4v) is 3.34. The van der Waals surface area contributed by atoms with Crippen LogP contribution in [0.15, 0.2) is 23.6 Å². The lowest BCUT2D eigenvalue weighted by Gasteiger charge is -2.03. The Morgan fingerprint density at radius 2 is 2.00 bits per heavy atom. The zero-order valence-corrected chi connectivity index (χ0v) is 11.9. The van der Waals surface area contributed by atoms with Crippen LogP contribution < -0.4 is 5.32 Å². The highest BCUT2D eigenvalue weighted by atomic mass is 32.1. The summed E-state index contributed by atoms with van der Waals surface area (Å²) in [6.45, 7) is 2.56. The Morgan fingerprint density at radius 1 is 1.26 bits per heavy atom. The van der Waals surface area contributed by atoms with E-state index in [1.807, 2.05) is 5.38 Å². The number of carboxylic acids is 1. The number of aryl methyl sites for hydroxylation is 1. The van der Waals surface area contributed by atoms with E-state index in [0.717, 1.165) is 22.6 Å². The molecule has 0 bridgehead atoms. The molecule has 0 aliphatic heterocycles. The van der Waals surface area contributed by atoms with E-state index < -0.39 is 5.97 Å². The number of hydrogen-bond acceptors (Lipinski definition) is 4. The number of hydrogen-bond donors (Lipinski definition) is 2. The van der Waals surface area contributed by atoms with Gasteiger partial charge in [-0.25, -0.2) is 4.79 Å². The first kappa shape index (κ1) is 13.8. The Kier molecular flexibility index (Phi) is 4.34. The quantitative estimate of drug-likeness (QED) is 0.891. The second kappa shape index (κ2) is 5.99. The predicted octanol–water partition coefficient (Wildman–Crippen LogP) is 3.00. The smallest absolute Gasteiger partial charge is 0.345 e. The van der Waals surface area contributed by atoms with Gasteiger partial charge < -0.3 is 10.4 Å². The molecule has 19 heavy (non-hydrogen) atoms. The van der Waals surface area contributed by atoms with Gasteiger partial charge >= 0.3 is 5.97 Å². The molecular formula is C13H13NO3S2. The number of carbonyl (C=O) groups excluding carboxylic acids is 1. The first-order valence-electron chi connectivity index (χ1n) is 5.78. The summed E-state index contributed by atoms with van der Waals surface area (Å²) in [6, 6.07) is 5.04. The van der Waals surface area contributed by atoms with E-state index in [9.17, 15) is 9.59 Å². The molecule has 0 aromatic carbocycles. The highest BCUT2D eigenvalue weighted by molar-refractivity contribution is 7.15. The molecule has 0 unspecified atom stereocenters. The van der Waals surface area contributed by atoms with Crippen molar-refractivity contribution in [2.24, 2.45) is 0 Å². The Balaban J connectivity index is 1.99. The van der Waals surface area contributed by atoms with Gasteiger partial charge in [0.1, 0.15) is 4.88 Å². The number of carboxylic acid groups (broad SMARTS) is 1. The van der Waals surface area contributed by atoms with E-state index in [4.69, 9.17) is 5.11 Å². The van der Waals surface area contributed by atoms with Gasteiger partial charge in [-0.1, -0.05) is 6.92 Å². The first-order valence-corrected chi connectivity index (χ1v) is 7.48. The van der Waals surface area contributed by atoms with Gasteiger partial charge in [0.05, 0.1) is 11.4 Å². The molecular weight excluding hydrogens is 282 g/mol. The van der Waals surface area contributed by atoms with Gasteiger partial charge in [-0.05, 0) is 35.6 Å². The molecule has 2 rings (SSSR count). The molecule has 4 nitrogen and oxygen atoms in total. The molecule has 0 aliphatic carbocycles. The fourth-order valence-electron chi connectivity index (χ4n) is 1.66. The van der Waals surface area contributed by atoms with Crippen LogP contribution in [-0.2, 0) is 13.0 Å². The zero-order valence-electron chi connectivity index (χ0n) is 10.3. The number of nitrogens with one attached hydrogen (secondary N) is 1. The van der Waals surface area contributed by atoms with Crippen molar-refractivity contribution in [2.75, 3.05) is 0 Å². The van der Waals surface area contributed by atoms with Crippen LogP contribution in [0.2, 0.25) is 0 Å². The highest BCUT2D eigenvalue weighted by Crippen LogP contribution is 2.19. The Morgan fingerprint density at radius 3 is 2.63 bits per heavy atom. The van der Waals surface area contributed by atoms with Gasteiger partial charge in [-0.15, -0.1) is 22.7 Å². The fraction of sp³-hybridized carbons (Fsp3) is 0.231. The van der Waals surface area contributed by atoms with Crippen molar-refractivity contribution in [3.8, 4) is 0 Å². The molecule has 6 heteroatoms. The third kappa shape index (κ3) is 3.21. The Bertz CT molecular complexity index is 601. The van der Waals surface area contributed by atoms with Gasteiger partial charge in [0.2, 0.25) is 0 Å². The van der Waals surface area contributed by atoms with Gasteiger partial charge in [-0.2, -0.15) is 0 Å². The minimum atomic E-state index is -1.00. The SMILES string of the molecule is CCc1ccsc1CNC(=O)c1ccc(C(=O)O)s1. The maximum atomic E-state index is 11.9. The molecule has 1 amide bonds. The van der Waals surface area contributed by atoms with Gasteiger partial charge in [0, 0.05) is 4.88 Å². The van der Waals surface area contributed by atoms with Crippen molar-refractivity contribution in [3.63, 3.8) is 0 Å². The van der Waals surface area contributed by atoms with E-state index in [1.54, 1.807) is 17.4 Å². The van der Waals surface area contributed by atoms with Crippen molar-refractivity contribution in [1.29, 1.82) is 0 Å². The summed E-state index contributed by atoms with van der Waals surface area (Å²) in [6.07, 6.45) is 0.941. The molecule has 2 aromatic heterocycles. The maximum absolute atomic E-state index is 11.9. The van der Waals surface area contributed by atoms with Crippen molar-refractivity contribution in [3.05, 3.63) is 43.8 Å². The van der Waals surface area contributed by atoms with Gasteiger partial charge in [-0.3, -0.25) is 4.79 Å². The van der Waals surface area contributed by atoms with Crippen LogP contribution in [0.5, 0.6) is 0 Å². The molecule has 0 aliphatic rings. The van der Waals surface area contributed by atoms with E-state index >= 15 is 0 Å². The number of carbonyl (C=O) groups is 2. The molecule has 2 N–H and O–H groups in total. The molecule has 2 heterocycles. The van der Waals surface area contributed by atoms with Crippen molar-refractivity contribution >= 4 is 34.6 Å². The average Bonchev–Trinajstić information content (AvgIpc) is 3.04. The molecule has 0 fully saturated rings. The minimum absolute atomic E-state index is 0.176. The van der Waals surface area contributed by atoms with Crippen LogP contribution in [0.4, 0.5) is 0 Å². The second-order valence-electron chi connectivity index (χ2n) is 3.87. The number of rotatable bonds is 5. The average molecular weight is 295 g/mol. The topological polar surface area (TPSA) is 66.4 Å². The van der Waals surface area contributed by atoms with Crippen molar-refractivity contribution < 1.29 is 14.7 Å². The van der Waals surface area contributed by atoms with E-state index in [2.05, 4.69) is 18.3 Å². The third-order valence-corrected chi connectivity index (χ3v) is 4.70. The normalized spacial score (nSPS) is 10.4. The molecule has 2 aromatic rings.